The molecule has 0 aromatic heterocycles. The van der Waals surface area contributed by atoms with E-state index < -0.39 is 28.0 Å². The summed E-state index contributed by atoms with van der Waals surface area (Å²) in [5.41, 5.74) is -1.33. The van der Waals surface area contributed by atoms with Gasteiger partial charge in [-0.2, -0.15) is 0 Å². The number of nitro groups is 1. The van der Waals surface area contributed by atoms with Gasteiger partial charge in [0.15, 0.2) is 0 Å². The van der Waals surface area contributed by atoms with Gasteiger partial charge in [0.2, 0.25) is 5.75 Å². The maximum Gasteiger partial charge on any atom is 0.338 e. The van der Waals surface area contributed by atoms with Gasteiger partial charge < -0.3 is 9.84 Å². The summed E-state index contributed by atoms with van der Waals surface area (Å²) >= 11 is 1.96. The molecule has 6 nitrogen and oxygen atoms in total. The molecule has 0 unspecified atom stereocenters. The lowest BCUT2D eigenvalue weighted by Gasteiger charge is -2.09. The zero-order valence-corrected chi connectivity index (χ0v) is 12.4. The molecular formula is C13H7FINO5. The highest BCUT2D eigenvalue weighted by Gasteiger charge is 2.23. The van der Waals surface area contributed by atoms with Crippen LogP contribution in [0.25, 0.3) is 0 Å². The fourth-order valence-electron chi connectivity index (χ4n) is 1.58. The van der Waals surface area contributed by atoms with Crippen molar-refractivity contribution in [2.75, 3.05) is 0 Å². The Balaban J connectivity index is 2.55. The zero-order valence-electron chi connectivity index (χ0n) is 10.2. The van der Waals surface area contributed by atoms with Crippen LogP contribution in [0.15, 0.2) is 36.4 Å². The van der Waals surface area contributed by atoms with Gasteiger partial charge in [0.1, 0.15) is 11.6 Å². The first-order valence-corrected chi connectivity index (χ1v) is 6.61. The Hall–Kier alpha value is -2.23. The van der Waals surface area contributed by atoms with Crippen molar-refractivity contribution in [2.24, 2.45) is 0 Å². The minimum atomic E-state index is -1.53. The number of rotatable bonds is 4. The van der Waals surface area contributed by atoms with E-state index in [0.717, 1.165) is 6.07 Å². The van der Waals surface area contributed by atoms with Gasteiger partial charge in [0.05, 0.1) is 20.1 Å². The summed E-state index contributed by atoms with van der Waals surface area (Å²) in [5.74, 6) is -2.74. The predicted molar refractivity (Wildman–Crippen MR) is 79.2 cm³/mol. The Labute approximate surface area is 131 Å². The highest BCUT2D eigenvalue weighted by Crippen LogP contribution is 2.35. The number of carbonyl (C=O) groups is 1. The van der Waals surface area contributed by atoms with E-state index in [1.807, 2.05) is 22.6 Å². The van der Waals surface area contributed by atoms with Crippen LogP contribution in [0, 0.1) is 19.5 Å². The van der Waals surface area contributed by atoms with Crippen LogP contribution in [-0.4, -0.2) is 16.0 Å². The van der Waals surface area contributed by atoms with E-state index in [0.29, 0.717) is 15.4 Å². The molecule has 2 aromatic rings. The number of nitro benzene ring substituents is 1. The number of carboxylic acid groups (broad SMARTS) is 1. The summed E-state index contributed by atoms with van der Waals surface area (Å²) in [5, 5.41) is 19.8. The third-order valence-corrected chi connectivity index (χ3v) is 3.42. The molecule has 0 atom stereocenters. The van der Waals surface area contributed by atoms with Gasteiger partial charge in [-0.3, -0.25) is 10.1 Å². The van der Waals surface area contributed by atoms with E-state index in [2.05, 4.69) is 0 Å². The number of para-hydroxylation sites is 1. The van der Waals surface area contributed by atoms with Crippen molar-refractivity contribution in [1.82, 2.24) is 0 Å². The summed E-state index contributed by atoms with van der Waals surface area (Å²) in [6.07, 6.45) is 0. The minimum Gasteiger partial charge on any atom is -0.478 e. The van der Waals surface area contributed by atoms with Crippen LogP contribution < -0.4 is 4.74 Å². The van der Waals surface area contributed by atoms with E-state index in [1.165, 1.54) is 0 Å². The minimum absolute atomic E-state index is 0.309. The van der Waals surface area contributed by atoms with E-state index in [4.69, 9.17) is 9.84 Å². The van der Waals surface area contributed by atoms with Gasteiger partial charge >= 0.3 is 11.7 Å². The molecule has 0 bridgehead atoms. The Morgan fingerprint density at radius 3 is 2.52 bits per heavy atom. The molecule has 0 saturated carbocycles. The highest BCUT2D eigenvalue weighted by molar-refractivity contribution is 14.1. The van der Waals surface area contributed by atoms with Crippen LogP contribution in [0.1, 0.15) is 10.4 Å². The number of hydrogen-bond acceptors (Lipinski definition) is 4. The summed E-state index contributed by atoms with van der Waals surface area (Å²) < 4.78 is 19.6. The average Bonchev–Trinajstić information content (AvgIpc) is 2.42. The summed E-state index contributed by atoms with van der Waals surface area (Å²) in [6.45, 7) is 0. The molecule has 0 aliphatic heterocycles. The van der Waals surface area contributed by atoms with Crippen LogP contribution in [0.3, 0.4) is 0 Å². The molecule has 2 rings (SSSR count). The summed E-state index contributed by atoms with van der Waals surface area (Å²) in [7, 11) is 0. The molecular weight excluding hydrogens is 396 g/mol. The molecule has 0 fully saturated rings. The van der Waals surface area contributed by atoms with Crippen molar-refractivity contribution in [3.05, 3.63) is 61.5 Å². The first kappa shape index (κ1) is 15.2. The maximum absolute atomic E-state index is 13.5. The van der Waals surface area contributed by atoms with Crippen LogP contribution >= 0.6 is 22.6 Å². The van der Waals surface area contributed by atoms with Crippen LogP contribution in [-0.2, 0) is 0 Å². The second-order valence-corrected chi connectivity index (χ2v) is 5.06. The lowest BCUT2D eigenvalue weighted by atomic mass is 10.1. The molecule has 0 aliphatic carbocycles. The number of hydrogen-bond donors (Lipinski definition) is 1. The highest BCUT2D eigenvalue weighted by atomic mass is 127. The van der Waals surface area contributed by atoms with Crippen molar-refractivity contribution in [3.8, 4) is 11.5 Å². The standard InChI is InChI=1S/C13H7FINO5/c14-8-6-10(16(19)20)12(5-7(8)13(17)18)21-11-4-2-1-3-9(11)15/h1-6H,(H,17,18). The lowest BCUT2D eigenvalue weighted by Crippen LogP contribution is -2.04. The number of carboxylic acids is 1. The molecule has 108 valence electrons. The Bertz CT molecular complexity index is 734. The molecule has 1 N–H and O–H groups in total. The molecule has 0 heterocycles. The van der Waals surface area contributed by atoms with Gasteiger partial charge in [-0.1, -0.05) is 12.1 Å². The normalized spacial score (nSPS) is 10.2. The number of halogens is 2. The SMILES string of the molecule is O=C(O)c1cc(Oc2ccccc2I)c([N+](=O)[O-])cc1F. The van der Waals surface area contributed by atoms with Gasteiger partial charge in [-0.15, -0.1) is 0 Å². The molecule has 2 aromatic carbocycles. The number of benzene rings is 2. The number of nitrogens with zero attached hydrogens (tertiary/aromatic N) is 1. The quantitative estimate of drug-likeness (QED) is 0.476. The molecule has 21 heavy (non-hydrogen) atoms. The lowest BCUT2D eigenvalue weighted by molar-refractivity contribution is -0.385. The van der Waals surface area contributed by atoms with Crippen LogP contribution in [0.2, 0.25) is 0 Å². The molecule has 0 aliphatic rings. The van der Waals surface area contributed by atoms with Crippen molar-refractivity contribution >= 4 is 34.2 Å². The first-order valence-electron chi connectivity index (χ1n) is 5.53. The molecule has 0 radical (unpaired) electrons. The third-order valence-electron chi connectivity index (χ3n) is 2.53. The second-order valence-electron chi connectivity index (χ2n) is 3.89. The van der Waals surface area contributed by atoms with E-state index in [-0.39, 0.29) is 5.75 Å². The Morgan fingerprint density at radius 1 is 1.29 bits per heavy atom. The van der Waals surface area contributed by atoms with Crippen molar-refractivity contribution in [3.63, 3.8) is 0 Å². The van der Waals surface area contributed by atoms with Gasteiger partial charge in [0, 0.05) is 6.07 Å². The maximum atomic E-state index is 13.5. The van der Waals surface area contributed by atoms with E-state index in [1.54, 1.807) is 24.3 Å². The fourth-order valence-corrected chi connectivity index (χ4v) is 2.07. The van der Waals surface area contributed by atoms with Gasteiger partial charge in [0.25, 0.3) is 0 Å². The topological polar surface area (TPSA) is 89.7 Å². The fraction of sp³-hybridized carbons (Fsp3) is 0. The summed E-state index contributed by atoms with van der Waals surface area (Å²) in [6, 6.07) is 8.02. The van der Waals surface area contributed by atoms with Crippen molar-refractivity contribution < 1.29 is 24.0 Å². The first-order chi connectivity index (χ1) is 9.90. The number of ether oxygens (including phenoxy) is 1. The van der Waals surface area contributed by atoms with Crippen molar-refractivity contribution in [2.45, 2.75) is 0 Å². The molecule has 0 saturated heterocycles. The summed E-state index contributed by atoms with van der Waals surface area (Å²) in [4.78, 5) is 21.0. The van der Waals surface area contributed by atoms with Crippen LogP contribution in [0.4, 0.5) is 10.1 Å². The Kier molecular flexibility index (Phi) is 4.36. The second kappa shape index (κ2) is 6.04. The predicted octanol–water partition coefficient (Wildman–Crippen LogP) is 3.83. The zero-order chi connectivity index (χ0) is 15.6. The van der Waals surface area contributed by atoms with Gasteiger partial charge in [-0.25, -0.2) is 9.18 Å². The monoisotopic (exact) mass is 403 g/mol. The largest absolute Gasteiger partial charge is 0.478 e. The molecule has 0 amide bonds. The van der Waals surface area contributed by atoms with E-state index >= 15 is 0 Å². The third kappa shape index (κ3) is 3.27. The number of aromatic carboxylic acids is 1. The molecule has 8 heteroatoms. The van der Waals surface area contributed by atoms with E-state index in [9.17, 15) is 19.3 Å². The Morgan fingerprint density at radius 2 is 1.95 bits per heavy atom. The van der Waals surface area contributed by atoms with Crippen molar-refractivity contribution in [1.29, 1.82) is 0 Å². The van der Waals surface area contributed by atoms with Gasteiger partial charge in [-0.05, 0) is 34.7 Å². The van der Waals surface area contributed by atoms with Crippen LogP contribution in [0.5, 0.6) is 11.5 Å². The molecule has 0 spiro atoms. The average molecular weight is 403 g/mol. The smallest absolute Gasteiger partial charge is 0.338 e.